The van der Waals surface area contributed by atoms with Gasteiger partial charge in [0, 0.05) is 19.7 Å². The fourth-order valence-electron chi connectivity index (χ4n) is 2.48. The molecular formula is C16H33NO3. The Balaban J connectivity index is 4.16. The molecule has 0 radical (unpaired) electrons. The number of ether oxygens (including phenoxy) is 1. The van der Waals surface area contributed by atoms with Gasteiger partial charge in [-0.05, 0) is 46.1 Å². The zero-order chi connectivity index (χ0) is 15.6. The second kappa shape index (κ2) is 10.2. The molecule has 0 amide bonds. The monoisotopic (exact) mass is 287 g/mol. The summed E-state index contributed by atoms with van der Waals surface area (Å²) in [4.78, 5) is 13.5. The average molecular weight is 287 g/mol. The van der Waals surface area contributed by atoms with Crippen LogP contribution in [-0.2, 0) is 9.53 Å². The number of hydrogen-bond donors (Lipinski definition) is 1. The van der Waals surface area contributed by atoms with Gasteiger partial charge in [0.1, 0.15) is 0 Å². The highest BCUT2D eigenvalue weighted by Crippen LogP contribution is 2.23. The van der Waals surface area contributed by atoms with Gasteiger partial charge in [0.25, 0.3) is 0 Å². The van der Waals surface area contributed by atoms with E-state index in [9.17, 15) is 4.79 Å². The Kier molecular flexibility index (Phi) is 9.86. The minimum Gasteiger partial charge on any atom is -0.481 e. The summed E-state index contributed by atoms with van der Waals surface area (Å²) in [7, 11) is 1.74. The van der Waals surface area contributed by atoms with Crippen LogP contribution in [0.25, 0.3) is 0 Å². The Morgan fingerprint density at radius 3 is 2.25 bits per heavy atom. The predicted molar refractivity (Wildman–Crippen MR) is 83.1 cm³/mol. The zero-order valence-corrected chi connectivity index (χ0v) is 13.9. The number of nitrogens with zero attached hydrogens (tertiary/aromatic N) is 1. The van der Waals surface area contributed by atoms with Gasteiger partial charge in [0.15, 0.2) is 0 Å². The third kappa shape index (κ3) is 7.25. The smallest absolute Gasteiger partial charge is 0.309 e. The lowest BCUT2D eigenvalue weighted by Gasteiger charge is -2.30. The molecule has 1 N–H and O–H groups in total. The SMILES string of the molecule is CCC(CC)N(CCCCC(C)(C)C(=O)O)CCOC. The summed E-state index contributed by atoms with van der Waals surface area (Å²) in [5.41, 5.74) is -0.605. The first-order chi connectivity index (χ1) is 9.38. The summed E-state index contributed by atoms with van der Waals surface area (Å²) in [6.45, 7) is 10.8. The van der Waals surface area contributed by atoms with Crippen LogP contribution >= 0.6 is 0 Å². The molecule has 0 spiro atoms. The van der Waals surface area contributed by atoms with Gasteiger partial charge >= 0.3 is 5.97 Å². The van der Waals surface area contributed by atoms with Gasteiger partial charge in [-0.15, -0.1) is 0 Å². The maximum atomic E-state index is 11.1. The summed E-state index contributed by atoms with van der Waals surface area (Å²) < 4.78 is 5.18. The van der Waals surface area contributed by atoms with Crippen LogP contribution in [-0.4, -0.2) is 48.8 Å². The van der Waals surface area contributed by atoms with E-state index in [0.717, 1.165) is 51.8 Å². The highest BCUT2D eigenvalue weighted by atomic mass is 16.5. The van der Waals surface area contributed by atoms with Gasteiger partial charge in [-0.1, -0.05) is 20.3 Å². The van der Waals surface area contributed by atoms with E-state index >= 15 is 0 Å². The van der Waals surface area contributed by atoms with Crippen molar-refractivity contribution in [2.45, 2.75) is 65.8 Å². The molecule has 4 nitrogen and oxygen atoms in total. The largest absolute Gasteiger partial charge is 0.481 e. The number of unbranched alkanes of at least 4 members (excludes halogenated alkanes) is 1. The Hall–Kier alpha value is -0.610. The van der Waals surface area contributed by atoms with Crippen LogP contribution in [0.2, 0.25) is 0 Å². The molecule has 0 rings (SSSR count). The van der Waals surface area contributed by atoms with Crippen LogP contribution in [0.5, 0.6) is 0 Å². The van der Waals surface area contributed by atoms with Crippen LogP contribution in [0, 0.1) is 5.41 Å². The van der Waals surface area contributed by atoms with Gasteiger partial charge in [-0.2, -0.15) is 0 Å². The topological polar surface area (TPSA) is 49.8 Å². The molecule has 0 aromatic carbocycles. The first-order valence-electron chi connectivity index (χ1n) is 7.85. The standard InChI is InChI=1S/C16H33NO3/c1-6-14(7-2)17(12-13-20-5)11-9-8-10-16(3,4)15(18)19/h14H,6-13H2,1-5H3,(H,18,19). The Labute approximate surface area is 124 Å². The maximum Gasteiger partial charge on any atom is 0.309 e. The van der Waals surface area contributed by atoms with E-state index in [1.165, 1.54) is 0 Å². The molecule has 0 unspecified atom stereocenters. The number of hydrogen-bond acceptors (Lipinski definition) is 3. The van der Waals surface area contributed by atoms with E-state index in [1.54, 1.807) is 21.0 Å². The van der Waals surface area contributed by atoms with Crippen molar-refractivity contribution in [3.8, 4) is 0 Å². The van der Waals surface area contributed by atoms with Crippen molar-refractivity contribution in [1.82, 2.24) is 4.90 Å². The fourth-order valence-corrected chi connectivity index (χ4v) is 2.48. The number of carbonyl (C=O) groups is 1. The molecule has 0 aliphatic rings. The van der Waals surface area contributed by atoms with Crippen molar-refractivity contribution < 1.29 is 14.6 Å². The average Bonchev–Trinajstić information content (AvgIpc) is 2.40. The van der Waals surface area contributed by atoms with Gasteiger partial charge in [-0.25, -0.2) is 0 Å². The second-order valence-corrected chi connectivity index (χ2v) is 6.15. The quantitative estimate of drug-likeness (QED) is 0.559. The molecule has 0 aliphatic carbocycles. The highest BCUT2D eigenvalue weighted by Gasteiger charge is 2.26. The molecule has 0 saturated carbocycles. The molecular weight excluding hydrogens is 254 g/mol. The molecule has 0 atom stereocenters. The maximum absolute atomic E-state index is 11.1. The van der Waals surface area contributed by atoms with Gasteiger partial charge in [-0.3, -0.25) is 9.69 Å². The molecule has 0 fully saturated rings. The predicted octanol–water partition coefficient (Wildman–Crippen LogP) is 3.40. The lowest BCUT2D eigenvalue weighted by atomic mass is 9.87. The van der Waals surface area contributed by atoms with E-state index in [4.69, 9.17) is 9.84 Å². The van der Waals surface area contributed by atoms with Crippen molar-refractivity contribution in [1.29, 1.82) is 0 Å². The highest BCUT2D eigenvalue weighted by molar-refractivity contribution is 5.73. The number of aliphatic carboxylic acids is 1. The lowest BCUT2D eigenvalue weighted by molar-refractivity contribution is -0.147. The van der Waals surface area contributed by atoms with Crippen LogP contribution in [0.15, 0.2) is 0 Å². The first-order valence-corrected chi connectivity index (χ1v) is 7.85. The number of rotatable bonds is 12. The lowest BCUT2D eigenvalue weighted by Crippen LogP contribution is -2.37. The molecule has 0 aromatic heterocycles. The fraction of sp³-hybridized carbons (Fsp3) is 0.938. The molecule has 20 heavy (non-hydrogen) atoms. The van der Waals surface area contributed by atoms with E-state index in [-0.39, 0.29) is 0 Å². The molecule has 0 saturated heterocycles. The van der Waals surface area contributed by atoms with Crippen molar-refractivity contribution in [2.75, 3.05) is 26.8 Å². The molecule has 0 bridgehead atoms. The van der Waals surface area contributed by atoms with Crippen LogP contribution in [0.3, 0.4) is 0 Å². The van der Waals surface area contributed by atoms with Gasteiger partial charge < -0.3 is 9.84 Å². The third-order valence-corrected chi connectivity index (χ3v) is 4.12. The first kappa shape index (κ1) is 19.4. The van der Waals surface area contributed by atoms with E-state index in [0.29, 0.717) is 6.04 Å². The van der Waals surface area contributed by atoms with Crippen LogP contribution < -0.4 is 0 Å². The van der Waals surface area contributed by atoms with Crippen molar-refractivity contribution in [3.63, 3.8) is 0 Å². The summed E-state index contributed by atoms with van der Waals surface area (Å²) in [5.74, 6) is -0.700. The number of methoxy groups -OCH3 is 1. The number of carboxylic acids is 1. The summed E-state index contributed by atoms with van der Waals surface area (Å²) in [6, 6.07) is 0.609. The zero-order valence-electron chi connectivity index (χ0n) is 13.9. The molecule has 0 aromatic rings. The molecule has 0 aliphatic heterocycles. The minimum atomic E-state index is -0.700. The van der Waals surface area contributed by atoms with E-state index in [1.807, 2.05) is 0 Å². The Morgan fingerprint density at radius 2 is 1.80 bits per heavy atom. The Bertz CT molecular complexity index is 262. The minimum absolute atomic E-state index is 0.605. The van der Waals surface area contributed by atoms with E-state index < -0.39 is 11.4 Å². The van der Waals surface area contributed by atoms with Gasteiger partial charge in [0.2, 0.25) is 0 Å². The summed E-state index contributed by atoms with van der Waals surface area (Å²) >= 11 is 0. The van der Waals surface area contributed by atoms with Crippen LogP contribution in [0.4, 0.5) is 0 Å². The second-order valence-electron chi connectivity index (χ2n) is 6.15. The summed E-state index contributed by atoms with van der Waals surface area (Å²) in [5, 5.41) is 9.10. The van der Waals surface area contributed by atoms with Crippen LogP contribution in [0.1, 0.15) is 59.8 Å². The van der Waals surface area contributed by atoms with Crippen molar-refractivity contribution >= 4 is 5.97 Å². The van der Waals surface area contributed by atoms with Gasteiger partial charge in [0.05, 0.1) is 12.0 Å². The number of carboxylic acid groups (broad SMARTS) is 1. The van der Waals surface area contributed by atoms with E-state index in [2.05, 4.69) is 18.7 Å². The van der Waals surface area contributed by atoms with Crippen molar-refractivity contribution in [2.24, 2.45) is 5.41 Å². The Morgan fingerprint density at radius 1 is 1.20 bits per heavy atom. The molecule has 0 heterocycles. The van der Waals surface area contributed by atoms with Crippen molar-refractivity contribution in [3.05, 3.63) is 0 Å². The molecule has 4 heteroatoms. The molecule has 120 valence electrons. The summed E-state index contributed by atoms with van der Waals surface area (Å²) in [6.07, 6.45) is 5.06. The third-order valence-electron chi connectivity index (χ3n) is 4.12. The normalized spacial score (nSPS) is 12.3.